The lowest BCUT2D eigenvalue weighted by Crippen LogP contribution is -2.28. The first kappa shape index (κ1) is 20.2. The van der Waals surface area contributed by atoms with E-state index < -0.39 is 14.8 Å². The molecule has 2 N–H and O–H groups in total. The van der Waals surface area contributed by atoms with Gasteiger partial charge in [0.2, 0.25) is 0 Å². The van der Waals surface area contributed by atoms with Crippen molar-refractivity contribution in [1.29, 1.82) is 0 Å². The van der Waals surface area contributed by atoms with Gasteiger partial charge in [0.1, 0.15) is 11.4 Å². The van der Waals surface area contributed by atoms with E-state index in [0.717, 1.165) is 12.3 Å². The smallest absolute Gasteiger partial charge is 0.293 e. The molecule has 0 aromatic heterocycles. The summed E-state index contributed by atoms with van der Waals surface area (Å²) in [6.07, 6.45) is 0.980. The van der Waals surface area contributed by atoms with Crippen molar-refractivity contribution in [1.82, 2.24) is 5.32 Å². The highest BCUT2D eigenvalue weighted by molar-refractivity contribution is 7.90. The summed E-state index contributed by atoms with van der Waals surface area (Å²) >= 11 is 0. The number of carbonyl (C=O) groups is 1. The van der Waals surface area contributed by atoms with Gasteiger partial charge in [-0.3, -0.25) is 14.9 Å². The molecule has 0 bridgehead atoms. The zero-order valence-electron chi connectivity index (χ0n) is 14.8. The summed E-state index contributed by atoms with van der Waals surface area (Å²) < 4.78 is 28.1. The Morgan fingerprint density at radius 1 is 1.15 bits per heavy atom. The average molecular weight is 393 g/mol. The lowest BCUT2D eigenvalue weighted by atomic mass is 10.2. The van der Waals surface area contributed by atoms with Crippen LogP contribution in [0.3, 0.4) is 0 Å². The van der Waals surface area contributed by atoms with Crippen molar-refractivity contribution in [2.75, 3.05) is 31.8 Å². The topological polar surface area (TPSA) is 128 Å². The van der Waals surface area contributed by atoms with Crippen LogP contribution in [0.1, 0.15) is 10.4 Å². The quantitative estimate of drug-likeness (QED) is 0.398. The molecule has 0 heterocycles. The second kappa shape index (κ2) is 8.49. The maximum absolute atomic E-state index is 12.0. The fraction of sp³-hybridized carbons (Fsp3) is 0.235. The van der Waals surface area contributed by atoms with Crippen LogP contribution in [0.15, 0.2) is 47.4 Å². The third kappa shape index (κ3) is 5.42. The number of nitro benzene ring substituents is 1. The summed E-state index contributed by atoms with van der Waals surface area (Å²) in [7, 11) is -2.02. The monoisotopic (exact) mass is 393 g/mol. The van der Waals surface area contributed by atoms with Gasteiger partial charge in [-0.05, 0) is 36.4 Å². The average Bonchev–Trinajstić information content (AvgIpc) is 2.64. The molecule has 2 aromatic rings. The van der Waals surface area contributed by atoms with Crippen LogP contribution in [0, 0.1) is 10.1 Å². The van der Waals surface area contributed by atoms with Crippen LogP contribution in [0.5, 0.6) is 5.75 Å². The third-order valence-corrected chi connectivity index (χ3v) is 4.78. The number of nitrogens with one attached hydrogen (secondary N) is 2. The van der Waals surface area contributed by atoms with E-state index in [9.17, 15) is 23.3 Å². The van der Waals surface area contributed by atoms with Gasteiger partial charge < -0.3 is 15.4 Å². The zero-order valence-corrected chi connectivity index (χ0v) is 15.6. The van der Waals surface area contributed by atoms with E-state index in [0.29, 0.717) is 11.3 Å². The number of benzene rings is 2. The van der Waals surface area contributed by atoms with E-state index in [1.807, 2.05) is 0 Å². The number of anilines is 1. The minimum absolute atomic E-state index is 0.132. The van der Waals surface area contributed by atoms with Crippen LogP contribution in [-0.2, 0) is 9.84 Å². The SMILES string of the molecule is COc1ccc(C(=O)NCCNc2ccc(S(C)(=O)=O)cc2[N+](=O)[O-])cc1. The Labute approximate surface area is 156 Å². The van der Waals surface area contributed by atoms with Gasteiger partial charge in [-0.15, -0.1) is 0 Å². The first-order valence-corrected chi connectivity index (χ1v) is 9.76. The van der Waals surface area contributed by atoms with Gasteiger partial charge in [-0.1, -0.05) is 0 Å². The molecule has 0 aliphatic heterocycles. The lowest BCUT2D eigenvalue weighted by molar-refractivity contribution is -0.384. The Morgan fingerprint density at radius 2 is 1.81 bits per heavy atom. The molecule has 10 heteroatoms. The van der Waals surface area contributed by atoms with Gasteiger partial charge >= 0.3 is 0 Å². The highest BCUT2D eigenvalue weighted by atomic mass is 32.2. The van der Waals surface area contributed by atoms with Gasteiger partial charge in [-0.25, -0.2) is 8.42 Å². The molecule has 9 nitrogen and oxygen atoms in total. The fourth-order valence-corrected chi connectivity index (χ4v) is 2.90. The molecule has 0 atom stereocenters. The molecular formula is C17H19N3O6S. The van der Waals surface area contributed by atoms with E-state index in [1.54, 1.807) is 24.3 Å². The fourth-order valence-electron chi connectivity index (χ4n) is 2.26. The molecule has 2 rings (SSSR count). The summed E-state index contributed by atoms with van der Waals surface area (Å²) in [6.45, 7) is 0.441. The first-order chi connectivity index (χ1) is 12.7. The number of hydrogen-bond donors (Lipinski definition) is 2. The first-order valence-electron chi connectivity index (χ1n) is 7.87. The molecule has 144 valence electrons. The number of sulfone groups is 1. The second-order valence-electron chi connectivity index (χ2n) is 5.62. The predicted octanol–water partition coefficient (Wildman–Crippen LogP) is 1.85. The van der Waals surface area contributed by atoms with Crippen LogP contribution >= 0.6 is 0 Å². The number of nitro groups is 1. The van der Waals surface area contributed by atoms with E-state index >= 15 is 0 Å². The molecule has 0 saturated carbocycles. The highest BCUT2D eigenvalue weighted by Crippen LogP contribution is 2.27. The van der Waals surface area contributed by atoms with Crippen LogP contribution in [0.25, 0.3) is 0 Å². The number of nitrogens with zero attached hydrogens (tertiary/aromatic N) is 1. The Kier molecular flexibility index (Phi) is 6.35. The summed E-state index contributed by atoms with van der Waals surface area (Å²) in [5, 5.41) is 16.7. The van der Waals surface area contributed by atoms with Crippen molar-refractivity contribution in [3.63, 3.8) is 0 Å². The molecule has 27 heavy (non-hydrogen) atoms. The van der Waals surface area contributed by atoms with Crippen molar-refractivity contribution in [3.05, 3.63) is 58.1 Å². The van der Waals surface area contributed by atoms with E-state index in [-0.39, 0.29) is 35.3 Å². The third-order valence-electron chi connectivity index (χ3n) is 3.67. The molecule has 0 radical (unpaired) electrons. The Bertz CT molecular complexity index is 942. The summed E-state index contributed by atoms with van der Waals surface area (Å²) in [4.78, 5) is 22.4. The molecule has 0 aliphatic rings. The van der Waals surface area contributed by atoms with Crippen LogP contribution in [-0.4, -0.2) is 45.7 Å². The van der Waals surface area contributed by atoms with Crippen LogP contribution in [0.2, 0.25) is 0 Å². The molecule has 0 aliphatic carbocycles. The highest BCUT2D eigenvalue weighted by Gasteiger charge is 2.18. The van der Waals surface area contributed by atoms with Crippen molar-refractivity contribution in [2.45, 2.75) is 4.90 Å². The van der Waals surface area contributed by atoms with E-state index in [2.05, 4.69) is 10.6 Å². The molecule has 0 unspecified atom stereocenters. The Hall–Kier alpha value is -3.14. The Morgan fingerprint density at radius 3 is 2.37 bits per heavy atom. The molecular weight excluding hydrogens is 374 g/mol. The Balaban J connectivity index is 1.96. The van der Waals surface area contributed by atoms with Gasteiger partial charge in [0.05, 0.1) is 16.9 Å². The molecule has 1 amide bonds. The van der Waals surface area contributed by atoms with Crippen molar-refractivity contribution in [3.8, 4) is 5.75 Å². The second-order valence-corrected chi connectivity index (χ2v) is 7.64. The number of hydrogen-bond acceptors (Lipinski definition) is 7. The number of rotatable bonds is 8. The minimum atomic E-state index is -3.55. The molecule has 0 fully saturated rings. The van der Waals surface area contributed by atoms with Gasteiger partial charge in [-0.2, -0.15) is 0 Å². The molecule has 0 spiro atoms. The maximum Gasteiger partial charge on any atom is 0.293 e. The summed E-state index contributed by atoms with van der Waals surface area (Å²) in [5.41, 5.74) is 0.282. The maximum atomic E-state index is 12.0. The van der Waals surface area contributed by atoms with E-state index in [1.165, 1.54) is 19.2 Å². The summed E-state index contributed by atoms with van der Waals surface area (Å²) in [5.74, 6) is 0.347. The van der Waals surface area contributed by atoms with Crippen LogP contribution in [0.4, 0.5) is 11.4 Å². The zero-order chi connectivity index (χ0) is 20.0. The van der Waals surface area contributed by atoms with Crippen molar-refractivity contribution in [2.24, 2.45) is 0 Å². The molecule has 2 aromatic carbocycles. The summed E-state index contributed by atoms with van der Waals surface area (Å²) in [6, 6.07) is 10.2. The number of carbonyl (C=O) groups excluding carboxylic acids is 1. The van der Waals surface area contributed by atoms with Gasteiger partial charge in [0.25, 0.3) is 11.6 Å². The van der Waals surface area contributed by atoms with E-state index in [4.69, 9.17) is 4.74 Å². The number of ether oxygens (including phenoxy) is 1. The van der Waals surface area contributed by atoms with Crippen LogP contribution < -0.4 is 15.4 Å². The van der Waals surface area contributed by atoms with Gasteiger partial charge in [0.15, 0.2) is 9.84 Å². The predicted molar refractivity (Wildman–Crippen MR) is 100 cm³/mol. The molecule has 0 saturated heterocycles. The number of amides is 1. The van der Waals surface area contributed by atoms with Crippen molar-refractivity contribution < 1.29 is 22.9 Å². The largest absolute Gasteiger partial charge is 0.497 e. The normalized spacial score (nSPS) is 10.9. The van der Waals surface area contributed by atoms with Gasteiger partial charge in [0, 0.05) is 31.0 Å². The standard InChI is InChI=1S/C17H19N3O6S/c1-26-13-5-3-12(4-6-13)17(21)19-10-9-18-15-8-7-14(27(2,24)25)11-16(15)20(22)23/h3-8,11,18H,9-10H2,1-2H3,(H,19,21). The minimum Gasteiger partial charge on any atom is -0.497 e. The lowest BCUT2D eigenvalue weighted by Gasteiger charge is -2.10. The number of methoxy groups -OCH3 is 1. The van der Waals surface area contributed by atoms with Crippen molar-refractivity contribution >= 4 is 27.1 Å².